The highest BCUT2D eigenvalue weighted by molar-refractivity contribution is 5.90. The summed E-state index contributed by atoms with van der Waals surface area (Å²) in [4.78, 5) is 36.5. The van der Waals surface area contributed by atoms with Gasteiger partial charge in [-0.3, -0.25) is 9.59 Å². The Balaban J connectivity index is 2.79. The van der Waals surface area contributed by atoms with Crippen LogP contribution in [0.2, 0.25) is 0 Å². The molecule has 0 aromatic carbocycles. The number of rotatable bonds is 12. The summed E-state index contributed by atoms with van der Waals surface area (Å²) < 4.78 is 1.86. The van der Waals surface area contributed by atoms with Crippen LogP contribution in [0, 0.1) is 11.8 Å². The van der Waals surface area contributed by atoms with Crippen molar-refractivity contribution in [3.63, 3.8) is 0 Å². The highest BCUT2D eigenvalue weighted by Crippen LogP contribution is 2.47. The Morgan fingerprint density at radius 1 is 0.933 bits per heavy atom. The standard InChI is InChI=1S/C23H35NO6/c1-4-7-10-14-18-15(13-16(21(25)26)19(14)22(27)28)20(23(29)30)24(12-9-6-3)17(18)11-8-5-2/h14,16,19H,4-13H2,1-3H3,(H,25,26)(H,27,28)(H,29,30). The molecule has 3 atom stereocenters. The molecule has 0 aliphatic heterocycles. The average molecular weight is 422 g/mol. The van der Waals surface area contributed by atoms with Gasteiger partial charge in [-0.05, 0) is 43.2 Å². The van der Waals surface area contributed by atoms with E-state index in [0.29, 0.717) is 24.9 Å². The number of carboxylic acids is 3. The highest BCUT2D eigenvalue weighted by atomic mass is 16.4. The molecule has 1 aromatic rings. The second kappa shape index (κ2) is 10.6. The van der Waals surface area contributed by atoms with Crippen molar-refractivity contribution in [3.8, 4) is 0 Å². The molecule has 0 spiro atoms. The molecule has 1 aliphatic carbocycles. The maximum atomic E-state index is 12.3. The molecule has 0 bridgehead atoms. The molecule has 7 heteroatoms. The quantitative estimate of drug-likeness (QED) is 0.455. The molecule has 168 valence electrons. The summed E-state index contributed by atoms with van der Waals surface area (Å²) in [6, 6.07) is 0. The van der Waals surface area contributed by atoms with Crippen molar-refractivity contribution in [1.29, 1.82) is 0 Å². The van der Waals surface area contributed by atoms with Gasteiger partial charge in [0.25, 0.3) is 0 Å². The first-order valence-electron chi connectivity index (χ1n) is 11.2. The predicted molar refractivity (Wildman–Crippen MR) is 113 cm³/mol. The Labute approximate surface area is 178 Å². The first-order chi connectivity index (χ1) is 14.3. The molecule has 0 saturated heterocycles. The fraction of sp³-hybridized carbons (Fsp3) is 0.696. The predicted octanol–water partition coefficient (Wildman–Crippen LogP) is 4.56. The van der Waals surface area contributed by atoms with E-state index in [-0.39, 0.29) is 12.1 Å². The molecule has 1 aromatic heterocycles. The molecule has 3 unspecified atom stereocenters. The number of hydrogen-bond donors (Lipinski definition) is 3. The number of aromatic nitrogens is 1. The average Bonchev–Trinajstić information content (AvgIpc) is 3.01. The molecule has 0 saturated carbocycles. The molecule has 0 fully saturated rings. The first kappa shape index (κ1) is 24.0. The Morgan fingerprint density at radius 2 is 1.57 bits per heavy atom. The number of aliphatic carboxylic acids is 2. The lowest BCUT2D eigenvalue weighted by molar-refractivity contribution is -0.155. The van der Waals surface area contributed by atoms with Crippen molar-refractivity contribution in [1.82, 2.24) is 4.57 Å². The van der Waals surface area contributed by atoms with Crippen LogP contribution >= 0.6 is 0 Å². The van der Waals surface area contributed by atoms with Crippen LogP contribution in [0.25, 0.3) is 0 Å². The van der Waals surface area contributed by atoms with Crippen molar-refractivity contribution in [2.75, 3.05) is 0 Å². The minimum atomic E-state index is -1.16. The molecule has 1 aliphatic rings. The molecule has 3 N–H and O–H groups in total. The van der Waals surface area contributed by atoms with E-state index in [2.05, 4.69) is 6.92 Å². The number of unbranched alkanes of at least 4 members (excludes halogenated alkanes) is 3. The summed E-state index contributed by atoms with van der Waals surface area (Å²) in [6.07, 6.45) is 6.38. The zero-order valence-corrected chi connectivity index (χ0v) is 18.3. The van der Waals surface area contributed by atoms with Crippen LogP contribution in [0.3, 0.4) is 0 Å². The van der Waals surface area contributed by atoms with E-state index in [1.807, 2.05) is 18.4 Å². The van der Waals surface area contributed by atoms with E-state index in [9.17, 15) is 29.7 Å². The number of aromatic carboxylic acids is 1. The van der Waals surface area contributed by atoms with E-state index in [4.69, 9.17) is 0 Å². The fourth-order valence-electron chi connectivity index (χ4n) is 4.95. The van der Waals surface area contributed by atoms with Gasteiger partial charge in [0, 0.05) is 18.2 Å². The van der Waals surface area contributed by atoms with Gasteiger partial charge >= 0.3 is 17.9 Å². The van der Waals surface area contributed by atoms with E-state index < -0.39 is 35.7 Å². The summed E-state index contributed by atoms with van der Waals surface area (Å²) in [5, 5.41) is 29.8. The summed E-state index contributed by atoms with van der Waals surface area (Å²) in [5.74, 6) is -5.95. The van der Waals surface area contributed by atoms with Crippen LogP contribution < -0.4 is 0 Å². The van der Waals surface area contributed by atoms with Gasteiger partial charge in [0.15, 0.2) is 0 Å². The summed E-state index contributed by atoms with van der Waals surface area (Å²) >= 11 is 0. The Kier molecular flexibility index (Phi) is 8.50. The number of carboxylic acid groups (broad SMARTS) is 3. The van der Waals surface area contributed by atoms with Crippen LogP contribution in [0.4, 0.5) is 0 Å². The van der Waals surface area contributed by atoms with Crippen molar-refractivity contribution in [2.24, 2.45) is 11.8 Å². The van der Waals surface area contributed by atoms with E-state index in [0.717, 1.165) is 49.8 Å². The molecule has 30 heavy (non-hydrogen) atoms. The third kappa shape index (κ3) is 4.71. The highest BCUT2D eigenvalue weighted by Gasteiger charge is 2.48. The maximum Gasteiger partial charge on any atom is 0.352 e. The van der Waals surface area contributed by atoms with E-state index >= 15 is 0 Å². The monoisotopic (exact) mass is 421 g/mol. The van der Waals surface area contributed by atoms with Gasteiger partial charge in [0.05, 0.1) is 11.8 Å². The lowest BCUT2D eigenvalue weighted by Crippen LogP contribution is -2.40. The minimum Gasteiger partial charge on any atom is -0.481 e. The first-order valence-corrected chi connectivity index (χ1v) is 11.2. The van der Waals surface area contributed by atoms with Crippen LogP contribution in [0.15, 0.2) is 0 Å². The number of fused-ring (bicyclic) bond motifs is 1. The maximum absolute atomic E-state index is 12.3. The summed E-state index contributed by atoms with van der Waals surface area (Å²) in [5.41, 5.74) is 2.45. The molecule has 0 amide bonds. The molecule has 7 nitrogen and oxygen atoms in total. The molecule has 2 rings (SSSR count). The lowest BCUT2D eigenvalue weighted by Gasteiger charge is -2.35. The number of hydrogen-bond acceptors (Lipinski definition) is 3. The van der Waals surface area contributed by atoms with Crippen LogP contribution in [-0.2, 0) is 29.0 Å². The third-order valence-electron chi connectivity index (χ3n) is 6.36. The second-order valence-corrected chi connectivity index (χ2v) is 8.36. The minimum absolute atomic E-state index is 0.0376. The van der Waals surface area contributed by atoms with E-state index in [1.54, 1.807) is 0 Å². The SMILES string of the molecule is CCCCc1c2c(c(C(=O)O)n1CCCC)CC(C(=O)O)C(C(=O)O)C2CCCC. The zero-order valence-electron chi connectivity index (χ0n) is 18.3. The fourth-order valence-corrected chi connectivity index (χ4v) is 4.95. The number of carbonyl (C=O) groups is 3. The zero-order chi connectivity index (χ0) is 22.4. The van der Waals surface area contributed by atoms with Crippen molar-refractivity contribution in [2.45, 2.75) is 91.0 Å². The number of nitrogens with zero attached hydrogens (tertiary/aromatic N) is 1. The Bertz CT molecular complexity index is 781. The lowest BCUT2D eigenvalue weighted by atomic mass is 9.67. The van der Waals surface area contributed by atoms with Gasteiger partial charge in [0.2, 0.25) is 0 Å². The van der Waals surface area contributed by atoms with E-state index in [1.165, 1.54) is 0 Å². The van der Waals surface area contributed by atoms with Gasteiger partial charge < -0.3 is 19.9 Å². The van der Waals surface area contributed by atoms with Gasteiger partial charge in [0.1, 0.15) is 5.69 Å². The largest absolute Gasteiger partial charge is 0.481 e. The molecular weight excluding hydrogens is 386 g/mol. The molecule has 0 radical (unpaired) electrons. The Morgan fingerprint density at radius 3 is 2.07 bits per heavy atom. The topological polar surface area (TPSA) is 117 Å². The van der Waals surface area contributed by atoms with Gasteiger partial charge in [-0.1, -0.05) is 46.5 Å². The van der Waals surface area contributed by atoms with Crippen molar-refractivity contribution in [3.05, 3.63) is 22.5 Å². The van der Waals surface area contributed by atoms with Gasteiger partial charge in [-0.25, -0.2) is 4.79 Å². The molecular formula is C23H35NO6. The van der Waals surface area contributed by atoms with Crippen LogP contribution in [0.1, 0.15) is 98.9 Å². The van der Waals surface area contributed by atoms with Crippen molar-refractivity contribution < 1.29 is 29.7 Å². The van der Waals surface area contributed by atoms with Gasteiger partial charge in [-0.15, -0.1) is 0 Å². The molecule has 1 heterocycles. The van der Waals surface area contributed by atoms with Crippen molar-refractivity contribution >= 4 is 17.9 Å². The second-order valence-electron chi connectivity index (χ2n) is 8.36. The normalized spacial score (nSPS) is 20.7. The van der Waals surface area contributed by atoms with Crippen LogP contribution in [0.5, 0.6) is 0 Å². The Hall–Kier alpha value is -2.31. The summed E-state index contributed by atoms with van der Waals surface area (Å²) in [7, 11) is 0. The summed E-state index contributed by atoms with van der Waals surface area (Å²) in [6.45, 7) is 6.68. The third-order valence-corrected chi connectivity index (χ3v) is 6.36. The van der Waals surface area contributed by atoms with Gasteiger partial charge in [-0.2, -0.15) is 0 Å². The smallest absolute Gasteiger partial charge is 0.352 e. The van der Waals surface area contributed by atoms with Crippen LogP contribution in [-0.4, -0.2) is 37.8 Å².